The molecule has 0 aliphatic carbocycles. The summed E-state index contributed by atoms with van der Waals surface area (Å²) in [5, 5.41) is 7.59. The van der Waals surface area contributed by atoms with E-state index in [0.29, 0.717) is 17.4 Å². The molecule has 0 bridgehead atoms. The molecule has 10 heteroatoms. The number of nitrogens with zero attached hydrogens (tertiary/aromatic N) is 1. The summed E-state index contributed by atoms with van der Waals surface area (Å²) < 4.78 is 12.2. The average Bonchev–Trinajstić information content (AvgIpc) is 2.91. The van der Waals surface area contributed by atoms with Gasteiger partial charge in [-0.25, -0.2) is 5.43 Å². The highest BCUT2D eigenvalue weighted by Gasteiger charge is 2.25. The maximum Gasteiger partial charge on any atom is 0.262 e. The third-order valence-corrected chi connectivity index (χ3v) is 6.73. The Morgan fingerprint density at radius 2 is 1.77 bits per heavy atom. The summed E-state index contributed by atoms with van der Waals surface area (Å²) in [5.41, 5.74) is 4.16. The van der Waals surface area contributed by atoms with Gasteiger partial charge in [0.1, 0.15) is 17.5 Å². The Balaban J connectivity index is 1.65. The van der Waals surface area contributed by atoms with Crippen LogP contribution >= 0.6 is 39.1 Å². The molecule has 0 spiro atoms. The molecule has 0 heterocycles. The predicted molar refractivity (Wildman–Crippen MR) is 159 cm³/mol. The first-order valence-electron chi connectivity index (χ1n) is 12.5. The molecule has 2 N–H and O–H groups in total. The maximum absolute atomic E-state index is 13.1. The van der Waals surface area contributed by atoms with Crippen LogP contribution in [0.25, 0.3) is 0 Å². The van der Waals surface area contributed by atoms with E-state index in [9.17, 15) is 9.59 Å². The van der Waals surface area contributed by atoms with Gasteiger partial charge >= 0.3 is 0 Å². The number of amides is 2. The van der Waals surface area contributed by atoms with Crippen molar-refractivity contribution in [2.24, 2.45) is 5.10 Å². The van der Waals surface area contributed by atoms with Crippen LogP contribution < -0.4 is 20.2 Å². The highest BCUT2D eigenvalue weighted by Crippen LogP contribution is 2.28. The van der Waals surface area contributed by atoms with Crippen LogP contribution in [-0.4, -0.2) is 36.8 Å². The van der Waals surface area contributed by atoms with Crippen molar-refractivity contribution in [3.05, 3.63) is 92.4 Å². The zero-order valence-corrected chi connectivity index (χ0v) is 24.7. The van der Waals surface area contributed by atoms with Crippen LogP contribution in [0.3, 0.4) is 0 Å². The largest absolute Gasteiger partial charge is 0.492 e. The van der Waals surface area contributed by atoms with Crippen LogP contribution in [0.5, 0.6) is 11.5 Å². The zero-order chi connectivity index (χ0) is 28.2. The number of benzene rings is 3. The molecule has 7 nitrogen and oxygen atoms in total. The molecule has 3 rings (SSSR count). The monoisotopic (exact) mass is 633 g/mol. The minimum atomic E-state index is -0.923. The SMILES string of the molecule is CCCCOc1ccc(/C=N\NC(=O)[C@H](Cc2ccccc2)NC(=O)[C@@H](C)Oc2ccc(Cl)cc2Cl)cc1Br. The highest BCUT2D eigenvalue weighted by molar-refractivity contribution is 9.10. The first-order valence-corrected chi connectivity index (χ1v) is 14.0. The van der Waals surface area contributed by atoms with Crippen LogP contribution in [0.2, 0.25) is 10.0 Å². The van der Waals surface area contributed by atoms with Crippen molar-refractivity contribution < 1.29 is 19.1 Å². The average molecular weight is 635 g/mol. The Hall–Kier alpha value is -3.07. The molecule has 0 radical (unpaired) electrons. The van der Waals surface area contributed by atoms with E-state index in [4.69, 9.17) is 32.7 Å². The summed E-state index contributed by atoms with van der Waals surface area (Å²) in [5.74, 6) is 0.0965. The van der Waals surface area contributed by atoms with Gasteiger partial charge in [-0.3, -0.25) is 9.59 Å². The van der Waals surface area contributed by atoms with Crippen molar-refractivity contribution in [3.63, 3.8) is 0 Å². The van der Waals surface area contributed by atoms with E-state index in [1.165, 1.54) is 12.3 Å². The van der Waals surface area contributed by atoms with Crippen LogP contribution in [-0.2, 0) is 16.0 Å². The van der Waals surface area contributed by atoms with Gasteiger partial charge in [0.05, 0.1) is 22.3 Å². The van der Waals surface area contributed by atoms with Crippen LogP contribution in [0, 0.1) is 0 Å². The fraction of sp³-hybridized carbons (Fsp3) is 0.276. The Bertz CT molecular complexity index is 1290. The van der Waals surface area contributed by atoms with E-state index in [-0.39, 0.29) is 11.4 Å². The molecule has 2 amide bonds. The van der Waals surface area contributed by atoms with Gasteiger partial charge in [0, 0.05) is 11.4 Å². The molecule has 0 aliphatic heterocycles. The van der Waals surface area contributed by atoms with E-state index < -0.39 is 24.0 Å². The lowest BCUT2D eigenvalue weighted by Crippen LogP contribution is -2.50. The second-order valence-electron chi connectivity index (χ2n) is 8.71. The van der Waals surface area contributed by atoms with Gasteiger partial charge in [0.25, 0.3) is 11.8 Å². The number of hydrogen-bond donors (Lipinski definition) is 2. The summed E-state index contributed by atoms with van der Waals surface area (Å²) in [6.07, 6.45) is 2.89. The zero-order valence-electron chi connectivity index (χ0n) is 21.6. The molecule has 0 saturated carbocycles. The normalized spacial score (nSPS) is 12.5. The summed E-state index contributed by atoms with van der Waals surface area (Å²) in [4.78, 5) is 26.0. The summed E-state index contributed by atoms with van der Waals surface area (Å²) in [6, 6.07) is 18.7. The Labute approximate surface area is 247 Å². The Morgan fingerprint density at radius 1 is 1.03 bits per heavy atom. The van der Waals surface area contributed by atoms with E-state index >= 15 is 0 Å². The molecule has 0 unspecified atom stereocenters. The molecular weight excluding hydrogens is 605 g/mol. The van der Waals surface area contributed by atoms with Crippen molar-refractivity contribution >= 4 is 57.2 Å². The first-order chi connectivity index (χ1) is 18.8. The lowest BCUT2D eigenvalue weighted by molar-refractivity contribution is -0.132. The summed E-state index contributed by atoms with van der Waals surface area (Å²) >= 11 is 15.6. The van der Waals surface area contributed by atoms with Gasteiger partial charge in [-0.05, 0) is 76.8 Å². The second-order valence-corrected chi connectivity index (χ2v) is 10.4. The van der Waals surface area contributed by atoms with Crippen LogP contribution in [0.15, 0.2) is 76.3 Å². The van der Waals surface area contributed by atoms with Gasteiger partial charge in [0.2, 0.25) is 0 Å². The van der Waals surface area contributed by atoms with Crippen molar-refractivity contribution in [1.82, 2.24) is 10.7 Å². The van der Waals surface area contributed by atoms with Crippen molar-refractivity contribution in [1.29, 1.82) is 0 Å². The van der Waals surface area contributed by atoms with Gasteiger partial charge in [-0.2, -0.15) is 5.10 Å². The number of carbonyl (C=O) groups is 2. The number of halogens is 3. The molecule has 39 heavy (non-hydrogen) atoms. The standard InChI is InChI=1S/C29H30BrCl2N3O4/c1-3-4-14-38-26-12-10-21(15-23(26)30)18-33-35-29(37)25(16-20-8-6-5-7-9-20)34-28(36)19(2)39-27-13-11-22(31)17-24(27)32/h5-13,15,17-19,25H,3-4,14,16H2,1-2H3,(H,34,36)(H,35,37)/b33-18-/t19-,25+/m1/s1. The lowest BCUT2D eigenvalue weighted by Gasteiger charge is -2.21. The molecular formula is C29H30BrCl2N3O4. The van der Waals surface area contributed by atoms with E-state index in [1.54, 1.807) is 19.1 Å². The number of ether oxygens (including phenoxy) is 2. The lowest BCUT2D eigenvalue weighted by atomic mass is 10.1. The van der Waals surface area contributed by atoms with E-state index in [0.717, 1.165) is 34.2 Å². The van der Waals surface area contributed by atoms with Crippen molar-refractivity contribution in [3.8, 4) is 11.5 Å². The second kappa shape index (κ2) is 15.5. The number of nitrogens with one attached hydrogen (secondary N) is 2. The number of hydrogen-bond acceptors (Lipinski definition) is 5. The third-order valence-electron chi connectivity index (χ3n) is 5.58. The number of unbranched alkanes of at least 4 members (excludes halogenated alkanes) is 1. The number of rotatable bonds is 13. The summed E-state index contributed by atoms with van der Waals surface area (Å²) in [6.45, 7) is 4.32. The third kappa shape index (κ3) is 9.88. The van der Waals surface area contributed by atoms with Crippen molar-refractivity contribution in [2.45, 2.75) is 45.3 Å². The molecule has 0 aromatic heterocycles. The highest BCUT2D eigenvalue weighted by atomic mass is 79.9. The fourth-order valence-corrected chi connectivity index (χ4v) is 4.42. The molecule has 3 aromatic carbocycles. The molecule has 206 valence electrons. The van der Waals surface area contributed by atoms with Gasteiger partial charge in [0.15, 0.2) is 6.10 Å². The fourth-order valence-electron chi connectivity index (χ4n) is 3.45. The number of hydrazone groups is 1. The summed E-state index contributed by atoms with van der Waals surface area (Å²) in [7, 11) is 0. The first kappa shape index (κ1) is 30.5. The molecule has 0 saturated heterocycles. The Morgan fingerprint density at radius 3 is 2.46 bits per heavy atom. The maximum atomic E-state index is 13.1. The van der Waals surface area contributed by atoms with Gasteiger partial charge in [-0.15, -0.1) is 0 Å². The quantitative estimate of drug-likeness (QED) is 0.126. The topological polar surface area (TPSA) is 89.0 Å². The van der Waals surface area contributed by atoms with E-state index in [2.05, 4.69) is 38.7 Å². The minimum Gasteiger partial charge on any atom is -0.492 e. The van der Waals surface area contributed by atoms with Gasteiger partial charge in [-0.1, -0.05) is 66.9 Å². The Kier molecular flexibility index (Phi) is 12.1. The number of carbonyl (C=O) groups excluding carboxylic acids is 2. The molecule has 0 fully saturated rings. The van der Waals surface area contributed by atoms with Gasteiger partial charge < -0.3 is 14.8 Å². The molecule has 3 aromatic rings. The van der Waals surface area contributed by atoms with Crippen molar-refractivity contribution in [2.75, 3.05) is 6.61 Å². The van der Waals surface area contributed by atoms with Crippen LogP contribution in [0.4, 0.5) is 0 Å². The minimum absolute atomic E-state index is 0.262. The van der Waals surface area contributed by atoms with E-state index in [1.807, 2.05) is 48.5 Å². The molecule has 0 aliphatic rings. The predicted octanol–water partition coefficient (Wildman–Crippen LogP) is 6.58. The van der Waals surface area contributed by atoms with Crippen LogP contribution in [0.1, 0.15) is 37.8 Å². The molecule has 2 atom stereocenters. The smallest absolute Gasteiger partial charge is 0.262 e.